The van der Waals surface area contributed by atoms with Crippen molar-refractivity contribution in [3.63, 3.8) is 0 Å². The molecule has 19 heavy (non-hydrogen) atoms. The van der Waals surface area contributed by atoms with E-state index in [2.05, 4.69) is 5.32 Å². The SMILES string of the molecule is CCC(C)(CO)CNc1ccc(Cl)c(C(F)(F)F)c1. The monoisotopic (exact) mass is 295 g/mol. The van der Waals surface area contributed by atoms with E-state index in [9.17, 15) is 18.3 Å². The number of hydrogen-bond acceptors (Lipinski definition) is 2. The molecule has 0 aliphatic heterocycles. The van der Waals surface area contributed by atoms with Gasteiger partial charge in [0.25, 0.3) is 0 Å². The predicted octanol–water partition coefficient (Wildman–Crippen LogP) is 4.18. The Morgan fingerprint density at radius 2 is 1.95 bits per heavy atom. The Labute approximate surface area is 115 Å². The van der Waals surface area contributed by atoms with Gasteiger partial charge in [-0.25, -0.2) is 0 Å². The van der Waals surface area contributed by atoms with Crippen molar-refractivity contribution in [1.29, 1.82) is 0 Å². The first kappa shape index (κ1) is 16.1. The van der Waals surface area contributed by atoms with Crippen molar-refractivity contribution in [3.05, 3.63) is 28.8 Å². The van der Waals surface area contributed by atoms with E-state index in [1.54, 1.807) is 0 Å². The molecule has 0 aliphatic carbocycles. The minimum absolute atomic E-state index is 0.0315. The lowest BCUT2D eigenvalue weighted by atomic mass is 9.88. The number of alkyl halides is 3. The molecule has 0 aromatic heterocycles. The van der Waals surface area contributed by atoms with Crippen LogP contribution in [-0.4, -0.2) is 18.3 Å². The molecule has 2 N–H and O–H groups in total. The lowest BCUT2D eigenvalue weighted by molar-refractivity contribution is -0.137. The second kappa shape index (κ2) is 6.01. The highest BCUT2D eigenvalue weighted by molar-refractivity contribution is 6.31. The zero-order chi connectivity index (χ0) is 14.7. The molecule has 108 valence electrons. The van der Waals surface area contributed by atoms with E-state index in [-0.39, 0.29) is 17.0 Å². The first-order valence-electron chi connectivity index (χ1n) is 5.93. The first-order valence-corrected chi connectivity index (χ1v) is 6.31. The minimum Gasteiger partial charge on any atom is -0.396 e. The summed E-state index contributed by atoms with van der Waals surface area (Å²) >= 11 is 5.54. The van der Waals surface area contributed by atoms with Crippen LogP contribution in [0.25, 0.3) is 0 Å². The second-order valence-electron chi connectivity index (χ2n) is 4.87. The van der Waals surface area contributed by atoms with Crippen LogP contribution in [0.3, 0.4) is 0 Å². The fourth-order valence-electron chi connectivity index (χ4n) is 1.46. The highest BCUT2D eigenvalue weighted by Gasteiger charge is 2.33. The Morgan fingerprint density at radius 1 is 1.32 bits per heavy atom. The highest BCUT2D eigenvalue weighted by atomic mass is 35.5. The van der Waals surface area contributed by atoms with Gasteiger partial charge in [0.15, 0.2) is 0 Å². The van der Waals surface area contributed by atoms with Gasteiger partial charge in [-0.3, -0.25) is 0 Å². The maximum Gasteiger partial charge on any atom is 0.417 e. The van der Waals surface area contributed by atoms with Gasteiger partial charge in [0.05, 0.1) is 17.2 Å². The van der Waals surface area contributed by atoms with E-state index in [0.29, 0.717) is 12.2 Å². The van der Waals surface area contributed by atoms with Gasteiger partial charge < -0.3 is 10.4 Å². The Morgan fingerprint density at radius 3 is 2.42 bits per heavy atom. The van der Waals surface area contributed by atoms with E-state index >= 15 is 0 Å². The molecule has 1 aromatic carbocycles. The molecule has 1 rings (SSSR count). The van der Waals surface area contributed by atoms with Crippen LogP contribution in [0.2, 0.25) is 5.02 Å². The molecular formula is C13H17ClF3NO. The fourth-order valence-corrected chi connectivity index (χ4v) is 1.69. The molecule has 0 saturated heterocycles. The van der Waals surface area contributed by atoms with Crippen LogP contribution in [0.1, 0.15) is 25.8 Å². The Bertz CT molecular complexity index is 430. The Balaban J connectivity index is 2.87. The third-order valence-corrected chi connectivity index (χ3v) is 3.56. The second-order valence-corrected chi connectivity index (χ2v) is 5.28. The number of aliphatic hydroxyl groups is 1. The largest absolute Gasteiger partial charge is 0.417 e. The number of nitrogens with one attached hydrogen (secondary N) is 1. The molecule has 0 radical (unpaired) electrons. The zero-order valence-corrected chi connectivity index (χ0v) is 11.6. The Kier molecular flexibility index (Phi) is 5.10. The molecule has 0 fully saturated rings. The van der Waals surface area contributed by atoms with Crippen LogP contribution in [0.4, 0.5) is 18.9 Å². The summed E-state index contributed by atoms with van der Waals surface area (Å²) in [6.07, 6.45) is -3.75. The summed E-state index contributed by atoms with van der Waals surface area (Å²) in [7, 11) is 0. The number of halogens is 4. The van der Waals surface area contributed by atoms with Gasteiger partial charge >= 0.3 is 6.18 Å². The average molecular weight is 296 g/mol. The molecule has 1 unspecified atom stereocenters. The standard InChI is InChI=1S/C13H17ClF3NO/c1-3-12(2,8-19)7-18-9-4-5-11(14)10(6-9)13(15,16)17/h4-6,18-19H,3,7-8H2,1-2H3. The highest BCUT2D eigenvalue weighted by Crippen LogP contribution is 2.36. The van der Waals surface area contributed by atoms with E-state index in [0.717, 1.165) is 12.5 Å². The van der Waals surface area contributed by atoms with Crippen LogP contribution in [-0.2, 0) is 6.18 Å². The smallest absolute Gasteiger partial charge is 0.396 e. The molecule has 0 spiro atoms. The van der Waals surface area contributed by atoms with Crippen LogP contribution >= 0.6 is 11.6 Å². The lowest BCUT2D eigenvalue weighted by Crippen LogP contribution is -2.29. The number of hydrogen-bond donors (Lipinski definition) is 2. The summed E-state index contributed by atoms with van der Waals surface area (Å²) in [5.74, 6) is 0. The molecule has 0 saturated carbocycles. The minimum atomic E-state index is -4.47. The van der Waals surface area contributed by atoms with Gasteiger partial charge in [0, 0.05) is 17.6 Å². The van der Waals surface area contributed by atoms with Crippen molar-refractivity contribution in [1.82, 2.24) is 0 Å². The molecular weight excluding hydrogens is 279 g/mol. The van der Waals surface area contributed by atoms with Gasteiger partial charge in [-0.2, -0.15) is 13.2 Å². The summed E-state index contributed by atoms with van der Waals surface area (Å²) < 4.78 is 38.0. The summed E-state index contributed by atoms with van der Waals surface area (Å²) in [6, 6.07) is 3.69. The number of rotatable bonds is 5. The number of benzene rings is 1. The lowest BCUT2D eigenvalue weighted by Gasteiger charge is -2.26. The van der Waals surface area contributed by atoms with Gasteiger partial charge in [-0.05, 0) is 24.6 Å². The predicted molar refractivity (Wildman–Crippen MR) is 70.4 cm³/mol. The van der Waals surface area contributed by atoms with Gasteiger partial charge in [0.2, 0.25) is 0 Å². The number of anilines is 1. The molecule has 0 bridgehead atoms. The summed E-state index contributed by atoms with van der Waals surface area (Å²) in [5.41, 5.74) is -0.885. The molecule has 0 heterocycles. The molecule has 6 heteroatoms. The van der Waals surface area contributed by atoms with Crippen molar-refractivity contribution in [3.8, 4) is 0 Å². The summed E-state index contributed by atoms with van der Waals surface area (Å²) in [5, 5.41) is 11.8. The molecule has 0 aliphatic rings. The van der Waals surface area contributed by atoms with E-state index in [1.807, 2.05) is 13.8 Å². The first-order chi connectivity index (χ1) is 8.72. The summed E-state index contributed by atoms with van der Waals surface area (Å²) in [6.45, 7) is 4.14. The van der Waals surface area contributed by atoms with Crippen LogP contribution in [0.15, 0.2) is 18.2 Å². The van der Waals surface area contributed by atoms with E-state index in [4.69, 9.17) is 11.6 Å². The summed E-state index contributed by atoms with van der Waals surface area (Å²) in [4.78, 5) is 0. The zero-order valence-electron chi connectivity index (χ0n) is 10.8. The third kappa shape index (κ3) is 4.28. The topological polar surface area (TPSA) is 32.3 Å². The van der Waals surface area contributed by atoms with Crippen molar-refractivity contribution in [2.45, 2.75) is 26.4 Å². The van der Waals surface area contributed by atoms with Crippen LogP contribution < -0.4 is 5.32 Å². The Hall–Kier alpha value is -0.940. The normalized spacial score (nSPS) is 15.1. The van der Waals surface area contributed by atoms with E-state index in [1.165, 1.54) is 12.1 Å². The molecule has 0 amide bonds. The molecule has 1 aromatic rings. The third-order valence-electron chi connectivity index (χ3n) is 3.23. The van der Waals surface area contributed by atoms with Crippen LogP contribution in [0.5, 0.6) is 0 Å². The molecule has 1 atom stereocenters. The van der Waals surface area contributed by atoms with Gasteiger partial charge in [0.1, 0.15) is 0 Å². The van der Waals surface area contributed by atoms with Crippen molar-refractivity contribution < 1.29 is 18.3 Å². The number of aliphatic hydroxyl groups excluding tert-OH is 1. The van der Waals surface area contributed by atoms with Crippen LogP contribution in [0, 0.1) is 5.41 Å². The van der Waals surface area contributed by atoms with Crippen molar-refractivity contribution >= 4 is 17.3 Å². The van der Waals surface area contributed by atoms with E-state index < -0.39 is 11.7 Å². The quantitative estimate of drug-likeness (QED) is 0.854. The maximum atomic E-state index is 12.7. The average Bonchev–Trinajstić information content (AvgIpc) is 2.36. The fraction of sp³-hybridized carbons (Fsp3) is 0.538. The van der Waals surface area contributed by atoms with Gasteiger partial charge in [-0.1, -0.05) is 25.4 Å². The van der Waals surface area contributed by atoms with Gasteiger partial charge in [-0.15, -0.1) is 0 Å². The molecule has 2 nitrogen and oxygen atoms in total. The van der Waals surface area contributed by atoms with Crippen molar-refractivity contribution in [2.24, 2.45) is 5.41 Å². The maximum absolute atomic E-state index is 12.7. The van der Waals surface area contributed by atoms with Crippen molar-refractivity contribution in [2.75, 3.05) is 18.5 Å².